The van der Waals surface area contributed by atoms with E-state index in [1.165, 1.54) is 8.87 Å². The van der Waals surface area contributed by atoms with Crippen molar-refractivity contribution in [1.29, 1.82) is 0 Å². The molecule has 1 fully saturated rings. The molecule has 7 heteroatoms. The molecule has 1 saturated heterocycles. The second-order valence-electron chi connectivity index (χ2n) is 12.6. The molecule has 2 aliphatic rings. The van der Waals surface area contributed by atoms with Gasteiger partial charge in [-0.05, 0) is 0 Å². The monoisotopic (exact) mass is 659 g/mol. The summed E-state index contributed by atoms with van der Waals surface area (Å²) in [5.74, 6) is -0.261. The molecule has 0 unspecified atom stereocenters. The zero-order valence-corrected chi connectivity index (χ0v) is 28.2. The number of nitrogens with zero attached hydrogens (tertiary/aromatic N) is 1. The molecule has 0 aromatic heterocycles. The average Bonchev–Trinajstić information content (AvgIpc) is 3.37. The van der Waals surface area contributed by atoms with Gasteiger partial charge in [-0.2, -0.15) is 0 Å². The number of hydrogen-bond acceptors (Lipinski definition) is 4. The number of benzene rings is 2. The number of hydrogen-bond donors (Lipinski definition) is 0. The summed E-state index contributed by atoms with van der Waals surface area (Å²) in [6, 6.07) is 16.2. The molecular weight excluding hydrogens is 613 g/mol. The Kier molecular flexibility index (Phi) is 9.09. The van der Waals surface area contributed by atoms with E-state index in [4.69, 9.17) is 4.74 Å². The van der Waals surface area contributed by atoms with E-state index in [0.29, 0.717) is 0 Å². The normalized spacial score (nSPS) is 22.9. The topological polar surface area (TPSA) is 63.7 Å². The van der Waals surface area contributed by atoms with Crippen molar-refractivity contribution >= 4 is 34.4 Å². The predicted octanol–water partition coefficient (Wildman–Crippen LogP) is 7.60. The summed E-state index contributed by atoms with van der Waals surface area (Å²) in [6.07, 6.45) is 4.58. The van der Waals surface area contributed by atoms with Crippen LogP contribution in [-0.2, 0) is 19.6 Å². The van der Waals surface area contributed by atoms with Gasteiger partial charge in [-0.1, -0.05) is 0 Å². The van der Waals surface area contributed by atoms with Crippen LogP contribution in [0, 0.1) is 12.3 Å². The Morgan fingerprint density at radius 3 is 2.13 bits per heavy atom. The first kappa shape index (κ1) is 30.3. The molecule has 0 saturated carbocycles. The maximum atomic E-state index is 14.5. The van der Waals surface area contributed by atoms with Gasteiger partial charge in [0.25, 0.3) is 0 Å². The summed E-state index contributed by atoms with van der Waals surface area (Å²) < 4.78 is 42.0. The van der Waals surface area contributed by atoms with Crippen LogP contribution in [0.2, 0.25) is 13.3 Å². The Hall–Kier alpha value is -1.64. The average molecular weight is 658 g/mol. The SMILES string of the molecule is CCC[CH2][Sn]1([CH2]CCC)[CH]=C2CN(S(=O)(=O)c3ccc(C)cc3)[C@@H](c3ccccc3)[C@]2(C(=O)OC(C)(C)C)[CH2]1. The first-order chi connectivity index (χ1) is 18.4. The van der Waals surface area contributed by atoms with Crippen molar-refractivity contribution in [3.63, 3.8) is 0 Å². The van der Waals surface area contributed by atoms with Gasteiger partial charge in [0.15, 0.2) is 0 Å². The molecule has 2 heterocycles. The van der Waals surface area contributed by atoms with E-state index in [0.717, 1.165) is 46.8 Å². The fourth-order valence-electron chi connectivity index (χ4n) is 6.53. The fourth-order valence-corrected chi connectivity index (χ4v) is 24.9. The Bertz CT molecular complexity index is 1290. The minimum atomic E-state index is -3.87. The van der Waals surface area contributed by atoms with E-state index in [9.17, 15) is 13.2 Å². The number of ether oxygens (including phenoxy) is 1. The van der Waals surface area contributed by atoms with Gasteiger partial charge in [0.1, 0.15) is 0 Å². The third-order valence-corrected chi connectivity index (χ3v) is 24.2. The molecule has 4 rings (SSSR count). The molecule has 5 nitrogen and oxygen atoms in total. The maximum absolute atomic E-state index is 14.5. The van der Waals surface area contributed by atoms with E-state index < -0.39 is 45.5 Å². The van der Waals surface area contributed by atoms with Crippen LogP contribution >= 0.6 is 0 Å². The summed E-state index contributed by atoms with van der Waals surface area (Å²) in [6.45, 7) is 12.4. The van der Waals surface area contributed by atoms with Crippen LogP contribution < -0.4 is 0 Å². The number of carbonyl (C=O) groups is 1. The molecule has 0 N–H and O–H groups in total. The van der Waals surface area contributed by atoms with Crippen LogP contribution in [0.15, 0.2) is 69.2 Å². The fraction of sp³-hybridized carbons (Fsp3) is 0.531. The van der Waals surface area contributed by atoms with Crippen molar-refractivity contribution < 1.29 is 17.9 Å². The van der Waals surface area contributed by atoms with Crippen molar-refractivity contribution in [2.75, 3.05) is 6.54 Å². The minimum absolute atomic E-state index is 0.242. The van der Waals surface area contributed by atoms with Gasteiger partial charge in [0.05, 0.1) is 0 Å². The standard InChI is InChI=1S/C24H27NO4S.2C4H9.Sn/c1-17-12-14-20(15-13-17)30(27,28)25-16-18(2)24(6,22(26)29-23(3,4)5)21(25)19-10-8-7-9-11-19;2*1-3-4-2;/h2,7-15,21H,6,16H2,1,3-5H3;2*1,3-4H2,2H3;/t21-,24-;;;/m0.../s1. The van der Waals surface area contributed by atoms with Crippen molar-refractivity contribution in [1.82, 2.24) is 4.31 Å². The van der Waals surface area contributed by atoms with E-state index in [2.05, 4.69) is 17.9 Å². The summed E-state index contributed by atoms with van der Waals surface area (Å²) >= 11 is -2.97. The molecule has 0 bridgehead atoms. The zero-order valence-electron chi connectivity index (χ0n) is 24.5. The second-order valence-corrected chi connectivity index (χ2v) is 26.9. The van der Waals surface area contributed by atoms with Gasteiger partial charge in [0.2, 0.25) is 0 Å². The molecule has 2 aliphatic heterocycles. The van der Waals surface area contributed by atoms with E-state index in [1.807, 2.05) is 70.2 Å². The van der Waals surface area contributed by atoms with Crippen LogP contribution in [0.1, 0.15) is 77.5 Å². The van der Waals surface area contributed by atoms with Gasteiger partial charge >= 0.3 is 241 Å². The molecule has 2 atom stereocenters. The third-order valence-electron chi connectivity index (χ3n) is 8.33. The van der Waals surface area contributed by atoms with Gasteiger partial charge < -0.3 is 0 Å². The number of fused-ring (bicyclic) bond motifs is 1. The summed E-state index contributed by atoms with van der Waals surface area (Å²) in [5, 5.41) is 0. The number of rotatable bonds is 10. The Morgan fingerprint density at radius 2 is 1.59 bits per heavy atom. The van der Waals surface area contributed by atoms with Gasteiger partial charge in [-0.3, -0.25) is 0 Å². The molecule has 0 spiro atoms. The quantitative estimate of drug-likeness (QED) is 0.195. The molecule has 0 amide bonds. The molecular formula is C32H45NO4SSn. The van der Waals surface area contributed by atoms with Crippen LogP contribution in [-0.4, -0.2) is 49.2 Å². The number of carbonyl (C=O) groups excluding carboxylic acids is 1. The van der Waals surface area contributed by atoms with E-state index >= 15 is 0 Å². The second kappa shape index (κ2) is 11.7. The summed E-state index contributed by atoms with van der Waals surface area (Å²) in [4.78, 5) is 14.8. The zero-order chi connectivity index (χ0) is 28.5. The van der Waals surface area contributed by atoms with Crippen LogP contribution in [0.5, 0.6) is 0 Å². The Labute approximate surface area is 239 Å². The molecule has 0 aliphatic carbocycles. The van der Waals surface area contributed by atoms with Crippen LogP contribution in [0.3, 0.4) is 0 Å². The van der Waals surface area contributed by atoms with Gasteiger partial charge in [0, 0.05) is 0 Å². The number of aryl methyl sites for hydroxylation is 1. The molecule has 39 heavy (non-hydrogen) atoms. The Balaban J connectivity index is 1.94. The van der Waals surface area contributed by atoms with Crippen molar-refractivity contribution in [2.24, 2.45) is 5.41 Å². The predicted molar refractivity (Wildman–Crippen MR) is 161 cm³/mol. The van der Waals surface area contributed by atoms with Crippen molar-refractivity contribution in [3.8, 4) is 0 Å². The van der Waals surface area contributed by atoms with Crippen LogP contribution in [0.25, 0.3) is 0 Å². The van der Waals surface area contributed by atoms with E-state index in [-0.39, 0.29) is 17.4 Å². The van der Waals surface area contributed by atoms with Gasteiger partial charge in [-0.15, -0.1) is 0 Å². The van der Waals surface area contributed by atoms with Gasteiger partial charge in [-0.25, -0.2) is 0 Å². The third kappa shape index (κ3) is 6.03. The first-order valence-electron chi connectivity index (χ1n) is 14.5. The first-order valence-corrected chi connectivity index (χ1v) is 23.6. The summed E-state index contributed by atoms with van der Waals surface area (Å²) in [7, 11) is -3.87. The molecule has 2 aromatic rings. The Morgan fingerprint density at radius 1 is 1.00 bits per heavy atom. The van der Waals surface area contributed by atoms with Crippen LogP contribution in [0.4, 0.5) is 0 Å². The molecule has 2 aromatic carbocycles. The molecule has 0 radical (unpaired) electrons. The van der Waals surface area contributed by atoms with Crippen molar-refractivity contribution in [3.05, 3.63) is 75.4 Å². The number of unbranched alkanes of at least 4 members (excludes halogenated alkanes) is 2. The number of sulfonamides is 1. The number of esters is 1. The van der Waals surface area contributed by atoms with E-state index in [1.54, 1.807) is 16.4 Å². The molecule has 212 valence electrons. The van der Waals surface area contributed by atoms with Crippen molar-refractivity contribution in [2.45, 2.75) is 97.1 Å². The summed E-state index contributed by atoms with van der Waals surface area (Å²) in [5.41, 5.74) is 1.20.